The minimum Gasteiger partial charge on any atom is -0.288 e. The maximum atomic E-state index is 13.2. The van der Waals surface area contributed by atoms with Crippen LogP contribution in [-0.4, -0.2) is 20.5 Å². The molecule has 0 N–H and O–H groups in total. The number of ketones is 1. The van der Waals surface area contributed by atoms with Crippen molar-refractivity contribution in [3.8, 4) is 5.69 Å². The standard InChI is InChI=1S/C18H14Cl3N3O/c1-10-7-12(20)8-14(18(25)13-5-3-4-6-15(13)21)17(10)24-11(2)22-23-16(24)9-19/h3-8H,9H2,1-2H3. The second-order valence-electron chi connectivity index (χ2n) is 5.56. The molecule has 25 heavy (non-hydrogen) atoms. The fourth-order valence-corrected chi connectivity index (χ4v) is 3.45. The highest BCUT2D eigenvalue weighted by molar-refractivity contribution is 6.35. The first kappa shape index (κ1) is 17.9. The molecule has 1 heterocycles. The molecule has 0 amide bonds. The van der Waals surface area contributed by atoms with Gasteiger partial charge in [0.1, 0.15) is 5.82 Å². The summed E-state index contributed by atoms with van der Waals surface area (Å²) in [5, 5.41) is 9.00. The lowest BCUT2D eigenvalue weighted by atomic mass is 9.98. The van der Waals surface area contributed by atoms with Gasteiger partial charge in [0.25, 0.3) is 0 Å². The number of nitrogens with zero attached hydrogens (tertiary/aromatic N) is 3. The second kappa shape index (κ2) is 7.16. The molecular formula is C18H14Cl3N3O. The van der Waals surface area contributed by atoms with Crippen LogP contribution in [0.25, 0.3) is 5.69 Å². The van der Waals surface area contributed by atoms with E-state index in [1.165, 1.54) is 0 Å². The molecule has 0 aliphatic rings. The highest BCUT2D eigenvalue weighted by Gasteiger charge is 2.22. The van der Waals surface area contributed by atoms with Crippen LogP contribution in [-0.2, 0) is 5.88 Å². The number of carbonyl (C=O) groups is 1. The first-order valence-electron chi connectivity index (χ1n) is 7.50. The van der Waals surface area contributed by atoms with Gasteiger partial charge in [-0.1, -0.05) is 35.3 Å². The van der Waals surface area contributed by atoms with E-state index in [4.69, 9.17) is 34.8 Å². The number of aryl methyl sites for hydroxylation is 2. The number of alkyl halides is 1. The van der Waals surface area contributed by atoms with Gasteiger partial charge in [-0.2, -0.15) is 0 Å². The van der Waals surface area contributed by atoms with Crippen molar-refractivity contribution >= 4 is 40.6 Å². The van der Waals surface area contributed by atoms with Gasteiger partial charge in [-0.25, -0.2) is 0 Å². The average molecular weight is 395 g/mol. The van der Waals surface area contributed by atoms with Crippen LogP contribution in [0.15, 0.2) is 36.4 Å². The summed E-state index contributed by atoms with van der Waals surface area (Å²) in [5.74, 6) is 1.13. The summed E-state index contributed by atoms with van der Waals surface area (Å²) in [6, 6.07) is 10.3. The summed E-state index contributed by atoms with van der Waals surface area (Å²) >= 11 is 18.4. The monoisotopic (exact) mass is 393 g/mol. The maximum Gasteiger partial charge on any atom is 0.196 e. The fraction of sp³-hybridized carbons (Fsp3) is 0.167. The Bertz CT molecular complexity index is 966. The molecule has 0 unspecified atom stereocenters. The summed E-state index contributed by atoms with van der Waals surface area (Å²) in [6.07, 6.45) is 0. The number of aromatic nitrogens is 3. The third-order valence-corrected chi connectivity index (χ3v) is 4.65. The van der Waals surface area contributed by atoms with Crippen LogP contribution in [0.5, 0.6) is 0 Å². The molecule has 7 heteroatoms. The molecule has 0 saturated heterocycles. The van der Waals surface area contributed by atoms with E-state index < -0.39 is 0 Å². The van der Waals surface area contributed by atoms with Crippen LogP contribution in [0.4, 0.5) is 0 Å². The quantitative estimate of drug-likeness (QED) is 0.453. The Morgan fingerprint density at radius 1 is 1.08 bits per heavy atom. The Morgan fingerprint density at radius 3 is 2.48 bits per heavy atom. The summed E-state index contributed by atoms with van der Waals surface area (Å²) < 4.78 is 1.78. The van der Waals surface area contributed by atoms with E-state index in [0.29, 0.717) is 38.5 Å². The number of rotatable bonds is 4. The molecule has 4 nitrogen and oxygen atoms in total. The summed E-state index contributed by atoms with van der Waals surface area (Å²) in [6.45, 7) is 3.68. The summed E-state index contributed by atoms with van der Waals surface area (Å²) in [4.78, 5) is 13.2. The van der Waals surface area contributed by atoms with Gasteiger partial charge >= 0.3 is 0 Å². The molecule has 0 fully saturated rings. The van der Waals surface area contributed by atoms with Gasteiger partial charge in [0.2, 0.25) is 0 Å². The summed E-state index contributed by atoms with van der Waals surface area (Å²) in [5.41, 5.74) is 2.31. The van der Waals surface area contributed by atoms with Crippen LogP contribution in [0.2, 0.25) is 10.0 Å². The first-order chi connectivity index (χ1) is 11.9. The zero-order valence-electron chi connectivity index (χ0n) is 13.6. The van der Waals surface area contributed by atoms with Crippen LogP contribution in [0.1, 0.15) is 33.1 Å². The van der Waals surface area contributed by atoms with Crippen molar-refractivity contribution in [3.63, 3.8) is 0 Å². The molecule has 0 aliphatic carbocycles. The molecule has 0 bridgehead atoms. The van der Waals surface area contributed by atoms with Crippen molar-refractivity contribution in [2.45, 2.75) is 19.7 Å². The van der Waals surface area contributed by atoms with E-state index >= 15 is 0 Å². The van der Waals surface area contributed by atoms with E-state index in [2.05, 4.69) is 10.2 Å². The van der Waals surface area contributed by atoms with Crippen LogP contribution in [0.3, 0.4) is 0 Å². The van der Waals surface area contributed by atoms with Gasteiger partial charge in [-0.05, 0) is 43.7 Å². The highest BCUT2D eigenvalue weighted by Crippen LogP contribution is 2.30. The van der Waals surface area contributed by atoms with E-state index in [0.717, 1.165) is 5.56 Å². The van der Waals surface area contributed by atoms with Gasteiger partial charge in [0.15, 0.2) is 11.6 Å². The second-order valence-corrected chi connectivity index (χ2v) is 6.67. The predicted molar refractivity (Wildman–Crippen MR) is 100 cm³/mol. The van der Waals surface area contributed by atoms with Crippen molar-refractivity contribution in [1.82, 2.24) is 14.8 Å². The van der Waals surface area contributed by atoms with E-state index in [9.17, 15) is 4.79 Å². The van der Waals surface area contributed by atoms with Gasteiger partial charge in [-0.15, -0.1) is 21.8 Å². The van der Waals surface area contributed by atoms with E-state index in [1.54, 1.807) is 47.9 Å². The average Bonchev–Trinajstić information content (AvgIpc) is 2.94. The molecular weight excluding hydrogens is 381 g/mol. The highest BCUT2D eigenvalue weighted by atomic mass is 35.5. The zero-order chi connectivity index (χ0) is 18.1. The van der Waals surface area contributed by atoms with Gasteiger partial charge < -0.3 is 0 Å². The smallest absolute Gasteiger partial charge is 0.196 e. The Balaban J connectivity index is 2.29. The SMILES string of the molecule is Cc1cc(Cl)cc(C(=O)c2ccccc2Cl)c1-n1c(C)nnc1CCl. The van der Waals surface area contributed by atoms with Crippen LogP contribution < -0.4 is 0 Å². The lowest BCUT2D eigenvalue weighted by molar-refractivity contribution is 0.103. The molecule has 1 aromatic heterocycles. The molecule has 3 rings (SSSR count). The number of hydrogen-bond donors (Lipinski definition) is 0. The van der Waals surface area contributed by atoms with Crippen molar-refractivity contribution < 1.29 is 4.79 Å². The van der Waals surface area contributed by atoms with Gasteiger partial charge in [0, 0.05) is 16.1 Å². The number of carbonyl (C=O) groups excluding carboxylic acids is 1. The molecule has 3 aromatic rings. The fourth-order valence-electron chi connectivity index (χ4n) is 2.78. The first-order valence-corrected chi connectivity index (χ1v) is 8.79. The third-order valence-electron chi connectivity index (χ3n) is 3.86. The van der Waals surface area contributed by atoms with Gasteiger partial charge in [-0.3, -0.25) is 9.36 Å². The largest absolute Gasteiger partial charge is 0.288 e. The molecule has 0 radical (unpaired) electrons. The molecule has 0 saturated carbocycles. The van der Waals surface area contributed by atoms with Crippen LogP contribution in [0, 0.1) is 13.8 Å². The van der Waals surface area contributed by atoms with Gasteiger partial charge in [0.05, 0.1) is 16.6 Å². The molecule has 2 aromatic carbocycles. The minimum absolute atomic E-state index is 0.169. The lowest BCUT2D eigenvalue weighted by Gasteiger charge is -2.16. The van der Waals surface area contributed by atoms with Crippen LogP contribution >= 0.6 is 34.8 Å². The Kier molecular flexibility index (Phi) is 5.13. The van der Waals surface area contributed by atoms with E-state index in [1.807, 2.05) is 6.92 Å². The van der Waals surface area contributed by atoms with Crippen molar-refractivity contribution in [3.05, 3.63) is 74.8 Å². The minimum atomic E-state index is -0.222. The predicted octanol–water partition coefficient (Wildman–Crippen LogP) is 5.16. The zero-order valence-corrected chi connectivity index (χ0v) is 15.8. The summed E-state index contributed by atoms with van der Waals surface area (Å²) in [7, 11) is 0. The molecule has 0 aliphatic heterocycles. The number of halogens is 3. The van der Waals surface area contributed by atoms with Crippen molar-refractivity contribution in [2.24, 2.45) is 0 Å². The molecule has 0 atom stereocenters. The molecule has 0 spiro atoms. The lowest BCUT2D eigenvalue weighted by Crippen LogP contribution is -2.12. The van der Waals surface area contributed by atoms with Crippen molar-refractivity contribution in [1.29, 1.82) is 0 Å². The normalized spacial score (nSPS) is 10.9. The number of hydrogen-bond acceptors (Lipinski definition) is 3. The Labute approximate surface area is 160 Å². The maximum absolute atomic E-state index is 13.2. The Morgan fingerprint density at radius 2 is 1.80 bits per heavy atom. The third kappa shape index (κ3) is 3.30. The van der Waals surface area contributed by atoms with Crippen molar-refractivity contribution in [2.75, 3.05) is 0 Å². The molecule has 128 valence electrons. The van der Waals surface area contributed by atoms with E-state index in [-0.39, 0.29) is 11.7 Å². The Hall–Kier alpha value is -1.88. The topological polar surface area (TPSA) is 47.8 Å². The number of benzene rings is 2.